The van der Waals surface area contributed by atoms with Gasteiger partial charge in [-0.15, -0.1) is 0 Å². The van der Waals surface area contributed by atoms with Crippen LogP contribution in [-0.4, -0.2) is 31.6 Å². The summed E-state index contributed by atoms with van der Waals surface area (Å²) in [7, 11) is 0. The van der Waals surface area contributed by atoms with E-state index in [9.17, 15) is 4.79 Å². The van der Waals surface area contributed by atoms with Crippen molar-refractivity contribution in [3.63, 3.8) is 0 Å². The molecule has 1 atom stereocenters. The first-order valence-corrected chi connectivity index (χ1v) is 9.37. The topological polar surface area (TPSA) is 44.8 Å². The van der Waals surface area contributed by atoms with Crippen LogP contribution in [0, 0.1) is 17.3 Å². The van der Waals surface area contributed by atoms with Crippen LogP contribution in [0.1, 0.15) is 72.6 Å². The first-order chi connectivity index (χ1) is 10.9. The summed E-state index contributed by atoms with van der Waals surface area (Å²) in [5, 5.41) is 0. The largest absolute Gasteiger partial charge is 0.465 e. The Labute approximate surface area is 141 Å². The maximum absolute atomic E-state index is 12.2. The Morgan fingerprint density at radius 2 is 1.78 bits per heavy atom. The van der Waals surface area contributed by atoms with Gasteiger partial charge in [0, 0.05) is 24.7 Å². The highest BCUT2D eigenvalue weighted by Gasteiger charge is 2.40. The van der Waals surface area contributed by atoms with Crippen molar-refractivity contribution >= 4 is 5.97 Å². The van der Waals surface area contributed by atoms with Crippen LogP contribution in [0.3, 0.4) is 0 Å². The van der Waals surface area contributed by atoms with Crippen LogP contribution in [0.2, 0.25) is 0 Å². The lowest BCUT2D eigenvalue weighted by atomic mass is 9.88. The molecule has 0 bridgehead atoms. The van der Waals surface area contributed by atoms with Gasteiger partial charge in [0.25, 0.3) is 0 Å². The summed E-state index contributed by atoms with van der Waals surface area (Å²) in [6, 6.07) is 0. The number of carbonyl (C=O) groups excluding carboxylic acids is 1. The molecule has 0 aromatic rings. The summed E-state index contributed by atoms with van der Waals surface area (Å²) in [6.45, 7) is 9.98. The van der Waals surface area contributed by atoms with Crippen molar-refractivity contribution in [2.24, 2.45) is 17.3 Å². The fraction of sp³-hybridized carbons (Fsp3) is 0.947. The summed E-state index contributed by atoms with van der Waals surface area (Å²) < 4.78 is 17.9. The monoisotopic (exact) mass is 326 g/mol. The molecule has 1 spiro atoms. The Kier molecular flexibility index (Phi) is 6.49. The lowest BCUT2D eigenvalue weighted by molar-refractivity contribution is -0.300. The summed E-state index contributed by atoms with van der Waals surface area (Å²) >= 11 is 0. The van der Waals surface area contributed by atoms with Gasteiger partial charge in [-0.1, -0.05) is 20.3 Å². The van der Waals surface area contributed by atoms with Crippen LogP contribution in [0.25, 0.3) is 0 Å². The average molecular weight is 326 g/mol. The first-order valence-electron chi connectivity index (χ1n) is 9.37. The highest BCUT2D eigenvalue weighted by molar-refractivity contribution is 5.75. The third-order valence-corrected chi connectivity index (χ3v) is 5.79. The summed E-state index contributed by atoms with van der Waals surface area (Å²) in [4.78, 5) is 12.2. The minimum absolute atomic E-state index is 0.0974. The smallest absolute Gasteiger partial charge is 0.311 e. The molecule has 1 aliphatic carbocycles. The van der Waals surface area contributed by atoms with Crippen LogP contribution in [0.15, 0.2) is 0 Å². The molecule has 1 aliphatic heterocycles. The molecule has 134 valence electrons. The van der Waals surface area contributed by atoms with Crippen LogP contribution in [-0.2, 0) is 19.0 Å². The van der Waals surface area contributed by atoms with Gasteiger partial charge >= 0.3 is 5.97 Å². The van der Waals surface area contributed by atoms with E-state index in [1.54, 1.807) is 0 Å². The van der Waals surface area contributed by atoms with Gasteiger partial charge in [0.2, 0.25) is 0 Å². The van der Waals surface area contributed by atoms with Gasteiger partial charge in [-0.2, -0.15) is 0 Å². The van der Waals surface area contributed by atoms with Crippen molar-refractivity contribution in [3.8, 4) is 0 Å². The molecule has 2 fully saturated rings. The van der Waals surface area contributed by atoms with Crippen LogP contribution >= 0.6 is 0 Å². The number of hydrogen-bond donors (Lipinski definition) is 0. The second-order valence-corrected chi connectivity index (χ2v) is 7.86. The number of esters is 1. The van der Waals surface area contributed by atoms with Crippen molar-refractivity contribution in [2.75, 3.05) is 19.8 Å². The third kappa shape index (κ3) is 4.69. The zero-order chi connectivity index (χ0) is 16.9. The second-order valence-electron chi connectivity index (χ2n) is 7.86. The van der Waals surface area contributed by atoms with Gasteiger partial charge in [-0.3, -0.25) is 4.79 Å². The number of rotatable bonds is 6. The third-order valence-electron chi connectivity index (χ3n) is 5.79. The van der Waals surface area contributed by atoms with Gasteiger partial charge in [-0.05, 0) is 39.5 Å². The van der Waals surface area contributed by atoms with E-state index in [2.05, 4.69) is 6.92 Å². The highest BCUT2D eigenvalue weighted by atomic mass is 16.7. The zero-order valence-corrected chi connectivity index (χ0v) is 15.4. The molecule has 0 N–H and O–H groups in total. The van der Waals surface area contributed by atoms with Crippen LogP contribution in [0.4, 0.5) is 0 Å². The normalized spacial score (nSPS) is 23.7. The van der Waals surface area contributed by atoms with Gasteiger partial charge in [0.15, 0.2) is 5.79 Å². The minimum Gasteiger partial charge on any atom is -0.465 e. The van der Waals surface area contributed by atoms with Crippen LogP contribution in [0.5, 0.6) is 0 Å². The molecular formula is C19H34O4. The molecular weight excluding hydrogens is 292 g/mol. The fourth-order valence-corrected chi connectivity index (χ4v) is 3.37. The van der Waals surface area contributed by atoms with E-state index >= 15 is 0 Å². The summed E-state index contributed by atoms with van der Waals surface area (Å²) in [5.41, 5.74) is -0.399. The van der Waals surface area contributed by atoms with Crippen molar-refractivity contribution in [3.05, 3.63) is 0 Å². The van der Waals surface area contributed by atoms with Gasteiger partial charge in [0.1, 0.15) is 0 Å². The molecule has 2 aliphatic rings. The molecule has 0 amide bonds. The molecule has 1 unspecified atom stereocenters. The quantitative estimate of drug-likeness (QED) is 0.682. The van der Waals surface area contributed by atoms with Gasteiger partial charge < -0.3 is 14.2 Å². The van der Waals surface area contributed by atoms with Gasteiger partial charge in [-0.25, -0.2) is 0 Å². The van der Waals surface area contributed by atoms with E-state index in [0.29, 0.717) is 18.4 Å². The average Bonchev–Trinajstić information content (AvgIpc) is 2.57. The molecule has 23 heavy (non-hydrogen) atoms. The fourth-order valence-electron chi connectivity index (χ4n) is 3.37. The maximum atomic E-state index is 12.2. The Hall–Kier alpha value is -0.610. The number of hydrogen-bond acceptors (Lipinski definition) is 4. The minimum atomic E-state index is -0.399. The SMILES string of the molecule is CCC(COC(=O)C(C)(C)CC)C1COC2(CCCCC2)OC1. The molecule has 4 heteroatoms. The first kappa shape index (κ1) is 18.7. The standard InChI is InChI=1S/C19H34O4/c1-5-15(12-21-17(20)18(3,4)6-2)16-13-22-19(23-14-16)10-8-7-9-11-19/h15-16H,5-14H2,1-4H3. The second kappa shape index (κ2) is 7.98. The van der Waals surface area contributed by atoms with E-state index < -0.39 is 5.41 Å². The molecule has 1 saturated heterocycles. The van der Waals surface area contributed by atoms with Crippen molar-refractivity contribution in [1.29, 1.82) is 0 Å². The number of ether oxygens (including phenoxy) is 3. The van der Waals surface area contributed by atoms with Crippen molar-refractivity contribution < 1.29 is 19.0 Å². The Bertz CT molecular complexity index is 375. The van der Waals surface area contributed by atoms with E-state index in [1.807, 2.05) is 20.8 Å². The molecule has 2 rings (SSSR count). The molecule has 1 heterocycles. The molecule has 0 aromatic carbocycles. The van der Waals surface area contributed by atoms with Crippen molar-refractivity contribution in [2.45, 2.75) is 78.4 Å². The zero-order valence-electron chi connectivity index (χ0n) is 15.4. The molecule has 0 aromatic heterocycles. The lowest BCUT2D eigenvalue weighted by Crippen LogP contribution is -2.47. The van der Waals surface area contributed by atoms with E-state index in [-0.39, 0.29) is 11.8 Å². The van der Waals surface area contributed by atoms with Crippen LogP contribution < -0.4 is 0 Å². The predicted octanol–water partition coefficient (Wildman–Crippen LogP) is 4.32. The predicted molar refractivity (Wildman–Crippen MR) is 90.0 cm³/mol. The highest BCUT2D eigenvalue weighted by Crippen LogP contribution is 2.38. The summed E-state index contributed by atoms with van der Waals surface area (Å²) in [5.74, 6) is 0.228. The molecule has 0 radical (unpaired) electrons. The Morgan fingerprint density at radius 1 is 1.17 bits per heavy atom. The summed E-state index contributed by atoms with van der Waals surface area (Å²) in [6.07, 6.45) is 7.51. The Balaban J connectivity index is 1.81. The maximum Gasteiger partial charge on any atom is 0.311 e. The van der Waals surface area contributed by atoms with Gasteiger partial charge in [0.05, 0.1) is 25.2 Å². The Morgan fingerprint density at radius 3 is 2.30 bits per heavy atom. The van der Waals surface area contributed by atoms with Crippen molar-refractivity contribution in [1.82, 2.24) is 0 Å². The number of carbonyl (C=O) groups is 1. The van der Waals surface area contributed by atoms with E-state index in [1.165, 1.54) is 19.3 Å². The molecule has 1 saturated carbocycles. The van der Waals surface area contributed by atoms with E-state index in [4.69, 9.17) is 14.2 Å². The lowest BCUT2D eigenvalue weighted by Gasteiger charge is -2.44. The molecule has 4 nitrogen and oxygen atoms in total. The van der Waals surface area contributed by atoms with E-state index in [0.717, 1.165) is 38.9 Å².